The number of hydrogen-bond acceptors (Lipinski definition) is 3. The predicted octanol–water partition coefficient (Wildman–Crippen LogP) is 11.8. The Morgan fingerprint density at radius 1 is 0.386 bits per heavy atom. The van der Waals surface area contributed by atoms with Gasteiger partial charge in [0.1, 0.15) is 11.5 Å². The number of para-hydroxylation sites is 4. The van der Waals surface area contributed by atoms with E-state index in [1.807, 2.05) is 0 Å². The van der Waals surface area contributed by atoms with Crippen LogP contribution in [0.2, 0.25) is 0 Å². The maximum absolute atomic E-state index is 6.87. The van der Waals surface area contributed by atoms with E-state index in [4.69, 9.17) is 4.74 Å². The molecule has 0 N–H and O–H groups in total. The van der Waals surface area contributed by atoms with Gasteiger partial charge < -0.3 is 19.1 Å². The van der Waals surface area contributed by atoms with Gasteiger partial charge in [-0.25, -0.2) is 0 Å². The van der Waals surface area contributed by atoms with Gasteiger partial charge in [-0.05, 0) is 124 Å². The lowest BCUT2D eigenvalue weighted by Gasteiger charge is -2.35. The summed E-state index contributed by atoms with van der Waals surface area (Å²) in [6.07, 6.45) is 0. The first-order valence-electron chi connectivity index (χ1n) is 19.6. The average Bonchev–Trinajstić information content (AvgIpc) is 3.60. The summed E-state index contributed by atoms with van der Waals surface area (Å²) in [5.74, 6) is 1.82. The van der Waals surface area contributed by atoms with Crippen LogP contribution in [0.1, 0.15) is 0 Å². The number of fused-ring (bicyclic) bond motifs is 9. The Balaban J connectivity index is 1.21. The van der Waals surface area contributed by atoms with Crippen LogP contribution in [-0.4, -0.2) is 11.3 Å². The molecule has 4 nitrogen and oxygen atoms in total. The zero-order valence-electron chi connectivity index (χ0n) is 31.0. The van der Waals surface area contributed by atoms with Crippen LogP contribution in [0.4, 0.5) is 34.1 Å². The van der Waals surface area contributed by atoms with E-state index >= 15 is 0 Å². The standard InChI is InChI=1S/C52H34BN3O/c1-5-17-36(18-6-1)54(37-19-7-2-8-20-37)40-29-30-46-43(32-40)44-33-41(55(38-21-9-3-10-22-38)39-23-11-4-12-24-39)34-45-52(44)56(46)47-26-15-27-48-51(47)53(45)50-42-25-14-13-16-35(42)28-31-49(50)57-48/h1-34H. The molecule has 1 aromatic heterocycles. The monoisotopic (exact) mass is 727 g/mol. The van der Waals surface area contributed by atoms with Crippen molar-refractivity contribution in [3.05, 3.63) is 206 Å². The Morgan fingerprint density at radius 2 is 0.947 bits per heavy atom. The van der Waals surface area contributed by atoms with Crippen molar-refractivity contribution >= 4 is 89.8 Å². The molecule has 266 valence electrons. The van der Waals surface area contributed by atoms with Crippen molar-refractivity contribution < 1.29 is 4.74 Å². The van der Waals surface area contributed by atoms with Gasteiger partial charge in [-0.15, -0.1) is 0 Å². The van der Waals surface area contributed by atoms with E-state index in [2.05, 4.69) is 221 Å². The van der Waals surface area contributed by atoms with Gasteiger partial charge in [0.25, 0.3) is 6.71 Å². The highest BCUT2D eigenvalue weighted by Crippen LogP contribution is 2.44. The van der Waals surface area contributed by atoms with Crippen molar-refractivity contribution in [1.82, 2.24) is 4.57 Å². The van der Waals surface area contributed by atoms with Gasteiger partial charge in [-0.3, -0.25) is 0 Å². The Hall–Kier alpha value is -7.50. The second kappa shape index (κ2) is 12.5. The van der Waals surface area contributed by atoms with Crippen LogP contribution in [0.25, 0.3) is 38.3 Å². The molecule has 0 unspecified atom stereocenters. The van der Waals surface area contributed by atoms with Gasteiger partial charge in [0.2, 0.25) is 0 Å². The first-order valence-corrected chi connectivity index (χ1v) is 19.6. The molecule has 0 atom stereocenters. The molecule has 0 saturated heterocycles. The minimum absolute atomic E-state index is 0.0525. The molecule has 12 rings (SSSR count). The first-order chi connectivity index (χ1) is 28.3. The fourth-order valence-electron chi connectivity index (χ4n) is 9.44. The lowest BCUT2D eigenvalue weighted by atomic mass is 9.34. The largest absolute Gasteiger partial charge is 0.458 e. The van der Waals surface area contributed by atoms with Gasteiger partial charge >= 0.3 is 0 Å². The number of nitrogens with zero attached hydrogens (tertiary/aromatic N) is 3. The highest BCUT2D eigenvalue weighted by molar-refractivity contribution is 7.00. The van der Waals surface area contributed by atoms with Crippen molar-refractivity contribution in [2.24, 2.45) is 0 Å². The maximum Gasteiger partial charge on any atom is 0.257 e. The second-order valence-electron chi connectivity index (χ2n) is 14.9. The van der Waals surface area contributed by atoms with Crippen LogP contribution < -0.4 is 30.9 Å². The second-order valence-corrected chi connectivity index (χ2v) is 14.9. The van der Waals surface area contributed by atoms with Gasteiger partial charge in [-0.1, -0.05) is 109 Å². The Labute approximate surface area is 331 Å². The van der Waals surface area contributed by atoms with Crippen molar-refractivity contribution in [3.63, 3.8) is 0 Å². The molecule has 9 aromatic carbocycles. The SMILES string of the molecule is c1ccc(N(c2ccccc2)c2ccc3c(c2)c2cc(N(c4ccccc4)c4ccccc4)cc4c2n3-c2cccc3c2B4c2c(ccc4ccccc24)O3)cc1. The zero-order valence-corrected chi connectivity index (χ0v) is 31.0. The highest BCUT2D eigenvalue weighted by atomic mass is 16.5. The lowest BCUT2D eigenvalue weighted by molar-refractivity contribution is 0.488. The van der Waals surface area contributed by atoms with Crippen LogP contribution in [0.5, 0.6) is 11.5 Å². The number of benzene rings is 9. The third-order valence-electron chi connectivity index (χ3n) is 11.8. The molecule has 0 amide bonds. The van der Waals surface area contributed by atoms with Crippen molar-refractivity contribution in [2.45, 2.75) is 0 Å². The first kappa shape index (κ1) is 31.8. The third kappa shape index (κ3) is 4.82. The highest BCUT2D eigenvalue weighted by Gasteiger charge is 2.42. The fraction of sp³-hybridized carbons (Fsp3) is 0. The summed E-state index contributed by atoms with van der Waals surface area (Å²) in [7, 11) is 0. The quantitative estimate of drug-likeness (QED) is 0.159. The summed E-state index contributed by atoms with van der Waals surface area (Å²) in [6.45, 7) is -0.0525. The van der Waals surface area contributed by atoms with Gasteiger partial charge in [0.15, 0.2) is 0 Å². The summed E-state index contributed by atoms with van der Waals surface area (Å²) < 4.78 is 9.36. The number of anilines is 6. The molecule has 2 aliphatic rings. The van der Waals surface area contributed by atoms with E-state index in [-0.39, 0.29) is 6.71 Å². The lowest BCUT2D eigenvalue weighted by Crippen LogP contribution is -2.58. The summed E-state index contributed by atoms with van der Waals surface area (Å²) in [5.41, 5.74) is 13.9. The molecule has 0 radical (unpaired) electrons. The summed E-state index contributed by atoms with van der Waals surface area (Å²) in [5, 5.41) is 4.83. The molecule has 0 spiro atoms. The fourth-order valence-corrected chi connectivity index (χ4v) is 9.44. The third-order valence-corrected chi connectivity index (χ3v) is 11.8. The minimum Gasteiger partial charge on any atom is -0.458 e. The molecule has 57 heavy (non-hydrogen) atoms. The number of rotatable bonds is 6. The van der Waals surface area contributed by atoms with Gasteiger partial charge in [0, 0.05) is 56.1 Å². The van der Waals surface area contributed by atoms with Crippen LogP contribution in [0, 0.1) is 0 Å². The average molecular weight is 728 g/mol. The maximum atomic E-state index is 6.87. The number of hydrogen-bond donors (Lipinski definition) is 0. The summed E-state index contributed by atoms with van der Waals surface area (Å²) >= 11 is 0. The number of aromatic nitrogens is 1. The molecule has 0 fully saturated rings. The number of ether oxygens (including phenoxy) is 1. The van der Waals surface area contributed by atoms with Crippen LogP contribution in [-0.2, 0) is 0 Å². The zero-order chi connectivity index (χ0) is 37.5. The molecule has 0 aliphatic carbocycles. The van der Waals surface area contributed by atoms with Gasteiger partial charge in [-0.2, -0.15) is 0 Å². The Morgan fingerprint density at radius 3 is 1.60 bits per heavy atom. The molecular weight excluding hydrogens is 693 g/mol. The summed E-state index contributed by atoms with van der Waals surface area (Å²) in [6, 6.07) is 74.2. The van der Waals surface area contributed by atoms with E-state index in [0.717, 1.165) is 56.8 Å². The van der Waals surface area contributed by atoms with E-state index in [0.29, 0.717) is 0 Å². The van der Waals surface area contributed by atoms with Crippen molar-refractivity contribution in [3.8, 4) is 17.2 Å². The molecule has 2 aliphatic heterocycles. The normalized spacial score (nSPS) is 12.3. The Bertz CT molecular complexity index is 3090. The smallest absolute Gasteiger partial charge is 0.257 e. The predicted molar refractivity (Wildman–Crippen MR) is 239 cm³/mol. The Kier molecular flexibility index (Phi) is 6.99. The molecular formula is C52H34BN3O. The topological polar surface area (TPSA) is 20.6 Å². The van der Waals surface area contributed by atoms with Crippen LogP contribution in [0.3, 0.4) is 0 Å². The molecule has 0 bridgehead atoms. The van der Waals surface area contributed by atoms with Crippen LogP contribution >= 0.6 is 0 Å². The van der Waals surface area contributed by atoms with E-state index in [1.54, 1.807) is 0 Å². The van der Waals surface area contributed by atoms with Gasteiger partial charge in [0.05, 0.1) is 5.52 Å². The van der Waals surface area contributed by atoms with Crippen molar-refractivity contribution in [1.29, 1.82) is 0 Å². The molecule has 5 heteroatoms. The van der Waals surface area contributed by atoms with Crippen molar-refractivity contribution in [2.75, 3.05) is 9.80 Å². The molecule has 0 saturated carbocycles. The summed E-state index contributed by atoms with van der Waals surface area (Å²) in [4.78, 5) is 4.75. The van der Waals surface area contributed by atoms with Crippen LogP contribution in [0.15, 0.2) is 206 Å². The molecule has 10 aromatic rings. The minimum atomic E-state index is -0.0525. The van der Waals surface area contributed by atoms with E-state index < -0.39 is 0 Å². The molecule has 3 heterocycles. The van der Waals surface area contributed by atoms with E-state index in [1.165, 1.54) is 43.5 Å². The van der Waals surface area contributed by atoms with E-state index in [9.17, 15) is 0 Å².